The van der Waals surface area contributed by atoms with Gasteiger partial charge in [0.25, 0.3) is 0 Å². The number of aliphatic hydroxyl groups is 1. The van der Waals surface area contributed by atoms with Crippen LogP contribution in [0.5, 0.6) is 5.75 Å². The maximum absolute atomic E-state index is 11.4. The van der Waals surface area contributed by atoms with Crippen LogP contribution in [0.1, 0.15) is 37.0 Å². The van der Waals surface area contributed by atoms with Crippen molar-refractivity contribution in [3.8, 4) is 5.75 Å². The summed E-state index contributed by atoms with van der Waals surface area (Å²) < 4.78 is 6.00. The smallest absolute Gasteiger partial charge is 0.219 e. The highest BCUT2D eigenvalue weighted by molar-refractivity contribution is 5.73. The van der Waals surface area contributed by atoms with Crippen LogP contribution in [0.15, 0.2) is 12.1 Å². The standard InChI is InChI=1S/C20H30N2O3/c1-14-7-8-20(18-6-4-5-17(14)18)25-13-19(24)15(2)21-9-11-22(12-10-21)16(3)23/h7-8,15,19,24H,4-6,9-13H2,1-3H3/t15-,19+/m0/s1. The van der Waals surface area contributed by atoms with Gasteiger partial charge in [0, 0.05) is 39.1 Å². The van der Waals surface area contributed by atoms with Gasteiger partial charge in [-0.25, -0.2) is 0 Å². The van der Waals surface area contributed by atoms with Crippen molar-refractivity contribution >= 4 is 5.91 Å². The molecule has 5 heteroatoms. The predicted molar refractivity (Wildman–Crippen MR) is 98.0 cm³/mol. The van der Waals surface area contributed by atoms with Crippen LogP contribution >= 0.6 is 0 Å². The van der Waals surface area contributed by atoms with Gasteiger partial charge >= 0.3 is 0 Å². The lowest BCUT2D eigenvalue weighted by atomic mass is 10.0. The number of aliphatic hydroxyl groups excluding tert-OH is 1. The van der Waals surface area contributed by atoms with Crippen LogP contribution in [0.2, 0.25) is 0 Å². The van der Waals surface area contributed by atoms with Crippen LogP contribution in [0.25, 0.3) is 0 Å². The molecule has 0 unspecified atom stereocenters. The second-order valence-corrected chi connectivity index (χ2v) is 7.35. The zero-order valence-electron chi connectivity index (χ0n) is 15.6. The highest BCUT2D eigenvalue weighted by atomic mass is 16.5. The quantitative estimate of drug-likeness (QED) is 0.883. The van der Waals surface area contributed by atoms with Crippen molar-refractivity contribution in [2.24, 2.45) is 0 Å². The highest BCUT2D eigenvalue weighted by Gasteiger charge is 2.27. The van der Waals surface area contributed by atoms with Crippen molar-refractivity contribution < 1.29 is 14.6 Å². The van der Waals surface area contributed by atoms with Gasteiger partial charge in [-0.3, -0.25) is 9.69 Å². The maximum atomic E-state index is 11.4. The Hall–Kier alpha value is -1.59. The van der Waals surface area contributed by atoms with E-state index in [0.29, 0.717) is 6.61 Å². The molecule has 2 aliphatic rings. The molecule has 0 saturated carbocycles. The van der Waals surface area contributed by atoms with E-state index in [0.717, 1.165) is 44.8 Å². The van der Waals surface area contributed by atoms with Gasteiger partial charge in [-0.1, -0.05) is 6.07 Å². The molecular weight excluding hydrogens is 316 g/mol. The minimum atomic E-state index is -0.540. The summed E-state index contributed by atoms with van der Waals surface area (Å²) in [6.07, 6.45) is 2.86. The van der Waals surface area contributed by atoms with Gasteiger partial charge in [0.1, 0.15) is 18.5 Å². The molecule has 1 amide bonds. The minimum Gasteiger partial charge on any atom is -0.491 e. The molecule has 0 bridgehead atoms. The fourth-order valence-corrected chi connectivity index (χ4v) is 3.99. The van der Waals surface area contributed by atoms with Gasteiger partial charge in [0.2, 0.25) is 5.91 Å². The summed E-state index contributed by atoms with van der Waals surface area (Å²) in [5.41, 5.74) is 4.10. The predicted octanol–water partition coefficient (Wildman–Crippen LogP) is 1.78. The molecule has 138 valence electrons. The number of amides is 1. The third kappa shape index (κ3) is 3.98. The van der Waals surface area contributed by atoms with E-state index >= 15 is 0 Å². The Bertz CT molecular complexity index is 624. The number of carbonyl (C=O) groups excluding carboxylic acids is 1. The number of piperazine rings is 1. The average molecular weight is 346 g/mol. The normalized spacial score (nSPS) is 20.2. The van der Waals surface area contributed by atoms with Crippen molar-refractivity contribution in [3.05, 3.63) is 28.8 Å². The Labute approximate surface area is 150 Å². The largest absolute Gasteiger partial charge is 0.491 e. The van der Waals surface area contributed by atoms with Crippen LogP contribution in [0, 0.1) is 6.92 Å². The fourth-order valence-electron chi connectivity index (χ4n) is 3.99. The van der Waals surface area contributed by atoms with E-state index in [1.807, 2.05) is 17.9 Å². The Morgan fingerprint density at radius 1 is 1.20 bits per heavy atom. The van der Waals surface area contributed by atoms with Gasteiger partial charge < -0.3 is 14.7 Å². The number of hydrogen-bond acceptors (Lipinski definition) is 4. The summed E-state index contributed by atoms with van der Waals surface area (Å²) in [5.74, 6) is 1.06. The first-order valence-electron chi connectivity index (χ1n) is 9.39. The molecule has 1 aromatic carbocycles. The number of carbonyl (C=O) groups is 1. The number of hydrogen-bond donors (Lipinski definition) is 1. The lowest BCUT2D eigenvalue weighted by Gasteiger charge is -2.39. The highest BCUT2D eigenvalue weighted by Crippen LogP contribution is 2.33. The summed E-state index contributed by atoms with van der Waals surface area (Å²) >= 11 is 0. The van der Waals surface area contributed by atoms with Gasteiger partial charge in [-0.2, -0.15) is 0 Å². The van der Waals surface area contributed by atoms with E-state index in [2.05, 4.69) is 17.9 Å². The molecule has 1 fully saturated rings. The van der Waals surface area contributed by atoms with Crippen LogP contribution in [0.4, 0.5) is 0 Å². The van der Waals surface area contributed by atoms with Crippen molar-refractivity contribution in [2.45, 2.75) is 52.2 Å². The van der Waals surface area contributed by atoms with Gasteiger partial charge in [-0.15, -0.1) is 0 Å². The zero-order chi connectivity index (χ0) is 18.0. The van der Waals surface area contributed by atoms with Crippen molar-refractivity contribution in [3.63, 3.8) is 0 Å². The Morgan fingerprint density at radius 3 is 2.56 bits per heavy atom. The van der Waals surface area contributed by atoms with E-state index in [4.69, 9.17) is 4.74 Å². The monoisotopic (exact) mass is 346 g/mol. The van der Waals surface area contributed by atoms with E-state index < -0.39 is 6.10 Å². The second-order valence-electron chi connectivity index (χ2n) is 7.35. The van der Waals surface area contributed by atoms with Crippen LogP contribution in [0.3, 0.4) is 0 Å². The van der Waals surface area contributed by atoms with E-state index in [9.17, 15) is 9.90 Å². The van der Waals surface area contributed by atoms with Gasteiger partial charge in [0.15, 0.2) is 0 Å². The molecule has 1 N–H and O–H groups in total. The number of rotatable bonds is 5. The van der Waals surface area contributed by atoms with Crippen LogP contribution in [-0.2, 0) is 17.6 Å². The minimum absolute atomic E-state index is 0.0209. The molecule has 3 rings (SSSR count). The average Bonchev–Trinajstić information content (AvgIpc) is 3.11. The Morgan fingerprint density at radius 2 is 1.88 bits per heavy atom. The Balaban J connectivity index is 1.54. The number of ether oxygens (including phenoxy) is 1. The summed E-state index contributed by atoms with van der Waals surface area (Å²) in [5, 5.41) is 10.6. The molecule has 1 aliphatic heterocycles. The first-order valence-corrected chi connectivity index (χ1v) is 9.39. The zero-order valence-corrected chi connectivity index (χ0v) is 15.6. The first-order chi connectivity index (χ1) is 12.0. The maximum Gasteiger partial charge on any atom is 0.219 e. The van der Waals surface area contributed by atoms with Crippen molar-refractivity contribution in [2.75, 3.05) is 32.8 Å². The third-order valence-electron chi connectivity index (χ3n) is 5.78. The van der Waals surface area contributed by atoms with E-state index in [1.165, 1.54) is 23.1 Å². The first kappa shape index (κ1) is 18.2. The van der Waals surface area contributed by atoms with Crippen molar-refractivity contribution in [1.82, 2.24) is 9.80 Å². The lowest BCUT2D eigenvalue weighted by molar-refractivity contribution is -0.131. The molecular formula is C20H30N2O3. The molecule has 2 atom stereocenters. The van der Waals surface area contributed by atoms with Crippen LogP contribution < -0.4 is 4.74 Å². The molecule has 1 heterocycles. The van der Waals surface area contributed by atoms with Crippen LogP contribution in [-0.4, -0.2) is 65.7 Å². The summed E-state index contributed by atoms with van der Waals surface area (Å²) in [6, 6.07) is 4.19. The topological polar surface area (TPSA) is 53.0 Å². The second kappa shape index (κ2) is 7.75. The molecule has 1 saturated heterocycles. The summed E-state index contributed by atoms with van der Waals surface area (Å²) in [7, 11) is 0. The molecule has 5 nitrogen and oxygen atoms in total. The van der Waals surface area contributed by atoms with E-state index in [1.54, 1.807) is 6.92 Å². The molecule has 0 radical (unpaired) electrons. The summed E-state index contributed by atoms with van der Waals surface area (Å²) in [4.78, 5) is 15.5. The molecule has 1 aromatic rings. The Kier molecular flexibility index (Phi) is 5.64. The number of benzene rings is 1. The third-order valence-corrected chi connectivity index (χ3v) is 5.78. The molecule has 1 aliphatic carbocycles. The number of fused-ring (bicyclic) bond motifs is 1. The molecule has 0 spiro atoms. The number of nitrogens with zero attached hydrogens (tertiary/aromatic N) is 2. The molecule has 0 aromatic heterocycles. The number of aryl methyl sites for hydroxylation is 1. The molecule has 25 heavy (non-hydrogen) atoms. The SMILES string of the molecule is CC(=O)N1CCN([C@@H](C)[C@H](O)COc2ccc(C)c3c2CCC3)CC1. The fraction of sp³-hybridized carbons (Fsp3) is 0.650. The van der Waals surface area contributed by atoms with Crippen molar-refractivity contribution in [1.29, 1.82) is 0 Å². The van der Waals surface area contributed by atoms with E-state index in [-0.39, 0.29) is 11.9 Å². The lowest BCUT2D eigenvalue weighted by Crippen LogP contribution is -2.54. The summed E-state index contributed by atoms with van der Waals surface area (Å²) in [6.45, 7) is 9.20. The van der Waals surface area contributed by atoms with Gasteiger partial charge in [0.05, 0.1) is 0 Å². The van der Waals surface area contributed by atoms with Gasteiger partial charge in [-0.05, 0) is 55.9 Å².